The summed E-state index contributed by atoms with van der Waals surface area (Å²) >= 11 is 0. The summed E-state index contributed by atoms with van der Waals surface area (Å²) in [4.78, 5) is 0. The molecule has 0 saturated carbocycles. The zero-order valence-electron chi connectivity index (χ0n) is 23.8. The Balaban J connectivity index is 1.39. The average molecular weight is 503 g/mol. The molecule has 1 aliphatic carbocycles. The SMILES string of the molecule is Cc1ccc(C)c(-c2cccc3c2C(c2ccc(OCCC(C)CCCC(C)C)cc2)c2ccccc2-3)c1. The van der Waals surface area contributed by atoms with E-state index in [1.54, 1.807) is 0 Å². The van der Waals surface area contributed by atoms with Crippen LogP contribution in [0.4, 0.5) is 0 Å². The summed E-state index contributed by atoms with van der Waals surface area (Å²) in [6.45, 7) is 12.2. The molecule has 2 atom stereocenters. The van der Waals surface area contributed by atoms with Crippen molar-refractivity contribution in [1.82, 2.24) is 0 Å². The second kappa shape index (κ2) is 11.6. The second-order valence-corrected chi connectivity index (χ2v) is 11.7. The molecule has 1 aliphatic rings. The molecule has 0 saturated heterocycles. The van der Waals surface area contributed by atoms with Gasteiger partial charge in [0.25, 0.3) is 0 Å². The van der Waals surface area contributed by atoms with Crippen LogP contribution in [0, 0.1) is 25.7 Å². The minimum atomic E-state index is 0.215. The topological polar surface area (TPSA) is 9.23 Å². The first kappa shape index (κ1) is 26.3. The number of benzene rings is 4. The van der Waals surface area contributed by atoms with Gasteiger partial charge >= 0.3 is 0 Å². The summed E-state index contributed by atoms with van der Waals surface area (Å²) in [6, 6.07) is 31.4. The van der Waals surface area contributed by atoms with E-state index in [1.165, 1.54) is 69.3 Å². The number of hydrogen-bond acceptors (Lipinski definition) is 1. The van der Waals surface area contributed by atoms with Gasteiger partial charge in [0.2, 0.25) is 0 Å². The van der Waals surface area contributed by atoms with Gasteiger partial charge in [-0.25, -0.2) is 0 Å². The molecule has 4 aromatic carbocycles. The maximum Gasteiger partial charge on any atom is 0.119 e. The Labute approximate surface area is 229 Å². The maximum atomic E-state index is 6.18. The molecule has 1 nitrogen and oxygen atoms in total. The summed E-state index contributed by atoms with van der Waals surface area (Å²) in [5.41, 5.74) is 12.1. The third-order valence-electron chi connectivity index (χ3n) is 8.21. The van der Waals surface area contributed by atoms with E-state index in [9.17, 15) is 0 Å². The van der Waals surface area contributed by atoms with Crippen LogP contribution in [0.1, 0.15) is 80.2 Å². The van der Waals surface area contributed by atoms with E-state index in [0.717, 1.165) is 24.7 Å². The largest absolute Gasteiger partial charge is 0.494 e. The van der Waals surface area contributed by atoms with Crippen molar-refractivity contribution < 1.29 is 4.74 Å². The summed E-state index contributed by atoms with van der Waals surface area (Å²) in [6.07, 6.45) is 5.05. The predicted molar refractivity (Wildman–Crippen MR) is 162 cm³/mol. The van der Waals surface area contributed by atoms with Gasteiger partial charge in [-0.3, -0.25) is 0 Å². The summed E-state index contributed by atoms with van der Waals surface area (Å²) < 4.78 is 6.18. The van der Waals surface area contributed by atoms with Gasteiger partial charge in [-0.1, -0.05) is 118 Å². The van der Waals surface area contributed by atoms with Crippen LogP contribution in [-0.2, 0) is 0 Å². The molecule has 0 spiro atoms. The molecule has 5 rings (SSSR count). The van der Waals surface area contributed by atoms with Gasteiger partial charge in [0, 0.05) is 5.92 Å². The van der Waals surface area contributed by atoms with Gasteiger partial charge < -0.3 is 4.74 Å². The molecule has 38 heavy (non-hydrogen) atoms. The molecule has 2 unspecified atom stereocenters. The fourth-order valence-corrected chi connectivity index (χ4v) is 6.02. The molecule has 4 aromatic rings. The van der Waals surface area contributed by atoms with Crippen molar-refractivity contribution in [1.29, 1.82) is 0 Å². The molecule has 0 aromatic heterocycles. The second-order valence-electron chi connectivity index (χ2n) is 11.7. The number of ether oxygens (including phenoxy) is 1. The van der Waals surface area contributed by atoms with Crippen molar-refractivity contribution in [2.24, 2.45) is 11.8 Å². The van der Waals surface area contributed by atoms with Crippen LogP contribution in [0.25, 0.3) is 22.3 Å². The molecule has 0 bridgehead atoms. The van der Waals surface area contributed by atoms with Crippen LogP contribution >= 0.6 is 0 Å². The molecular formula is C37H42O. The first-order chi connectivity index (χ1) is 18.4. The number of hydrogen-bond donors (Lipinski definition) is 0. The van der Waals surface area contributed by atoms with E-state index in [4.69, 9.17) is 4.74 Å². The minimum Gasteiger partial charge on any atom is -0.494 e. The Kier molecular flexibility index (Phi) is 8.03. The first-order valence-corrected chi connectivity index (χ1v) is 14.4. The Bertz CT molecular complexity index is 1380. The minimum absolute atomic E-state index is 0.215. The van der Waals surface area contributed by atoms with Gasteiger partial charge in [0.1, 0.15) is 5.75 Å². The Morgan fingerprint density at radius 2 is 1.39 bits per heavy atom. The van der Waals surface area contributed by atoms with Crippen molar-refractivity contribution >= 4 is 0 Å². The van der Waals surface area contributed by atoms with E-state index in [1.807, 2.05) is 0 Å². The average Bonchev–Trinajstić information content (AvgIpc) is 3.25. The van der Waals surface area contributed by atoms with Crippen molar-refractivity contribution in [2.45, 2.75) is 66.2 Å². The van der Waals surface area contributed by atoms with Crippen LogP contribution in [0.5, 0.6) is 5.75 Å². The smallest absolute Gasteiger partial charge is 0.119 e. The molecule has 0 heterocycles. The molecule has 0 N–H and O–H groups in total. The molecule has 0 radical (unpaired) electrons. The molecule has 0 fully saturated rings. The highest BCUT2D eigenvalue weighted by Gasteiger charge is 2.32. The first-order valence-electron chi connectivity index (χ1n) is 14.4. The third-order valence-corrected chi connectivity index (χ3v) is 8.21. The van der Waals surface area contributed by atoms with Crippen molar-refractivity contribution in [2.75, 3.05) is 6.61 Å². The summed E-state index contributed by atoms with van der Waals surface area (Å²) in [5.74, 6) is 2.69. The van der Waals surface area contributed by atoms with Gasteiger partial charge in [0.05, 0.1) is 6.61 Å². The fourth-order valence-electron chi connectivity index (χ4n) is 6.02. The lowest BCUT2D eigenvalue weighted by atomic mass is 9.84. The van der Waals surface area contributed by atoms with E-state index >= 15 is 0 Å². The van der Waals surface area contributed by atoms with Crippen LogP contribution in [0.3, 0.4) is 0 Å². The Morgan fingerprint density at radius 3 is 2.16 bits per heavy atom. The molecule has 1 heteroatoms. The van der Waals surface area contributed by atoms with Gasteiger partial charge in [-0.15, -0.1) is 0 Å². The molecule has 0 amide bonds. The highest BCUT2D eigenvalue weighted by molar-refractivity contribution is 5.88. The standard InChI is InChI=1S/C37H42O/c1-25(2)10-8-11-26(3)22-23-38-30-20-18-29(19-21-30)36-32-13-7-6-12-31(32)33-14-9-15-34(37(33)36)35-24-27(4)16-17-28(35)5/h6-7,9,12-21,24-26,36H,8,10-11,22-23H2,1-5H3. The van der Waals surface area contributed by atoms with E-state index in [2.05, 4.69) is 120 Å². The quantitative estimate of drug-likeness (QED) is 0.184. The van der Waals surface area contributed by atoms with Crippen molar-refractivity contribution in [3.05, 3.63) is 113 Å². The fraction of sp³-hybridized carbons (Fsp3) is 0.351. The Morgan fingerprint density at radius 1 is 0.684 bits per heavy atom. The maximum absolute atomic E-state index is 6.18. The zero-order valence-corrected chi connectivity index (χ0v) is 23.8. The van der Waals surface area contributed by atoms with Crippen molar-refractivity contribution in [3.63, 3.8) is 0 Å². The number of fused-ring (bicyclic) bond motifs is 3. The van der Waals surface area contributed by atoms with Gasteiger partial charge in [-0.2, -0.15) is 0 Å². The van der Waals surface area contributed by atoms with E-state index in [-0.39, 0.29) is 5.92 Å². The predicted octanol–water partition coefficient (Wildman–Crippen LogP) is 10.4. The molecular weight excluding hydrogens is 460 g/mol. The lowest BCUT2D eigenvalue weighted by Crippen LogP contribution is -2.05. The highest BCUT2D eigenvalue weighted by Crippen LogP contribution is 2.51. The third kappa shape index (κ3) is 5.58. The highest BCUT2D eigenvalue weighted by atomic mass is 16.5. The lowest BCUT2D eigenvalue weighted by Gasteiger charge is -2.20. The van der Waals surface area contributed by atoms with Crippen LogP contribution in [0.15, 0.2) is 84.9 Å². The van der Waals surface area contributed by atoms with Crippen LogP contribution in [-0.4, -0.2) is 6.61 Å². The summed E-state index contributed by atoms with van der Waals surface area (Å²) in [7, 11) is 0. The molecule has 0 aliphatic heterocycles. The summed E-state index contributed by atoms with van der Waals surface area (Å²) in [5, 5.41) is 0. The van der Waals surface area contributed by atoms with Crippen LogP contribution < -0.4 is 4.74 Å². The van der Waals surface area contributed by atoms with Gasteiger partial charge in [-0.05, 0) is 88.7 Å². The zero-order chi connectivity index (χ0) is 26.6. The van der Waals surface area contributed by atoms with E-state index < -0.39 is 0 Å². The Hall–Kier alpha value is -3.32. The van der Waals surface area contributed by atoms with Crippen LogP contribution in [0.2, 0.25) is 0 Å². The number of aryl methyl sites for hydroxylation is 2. The van der Waals surface area contributed by atoms with Gasteiger partial charge in [0.15, 0.2) is 0 Å². The van der Waals surface area contributed by atoms with E-state index in [0.29, 0.717) is 5.92 Å². The number of rotatable bonds is 10. The van der Waals surface area contributed by atoms with Crippen molar-refractivity contribution in [3.8, 4) is 28.0 Å². The lowest BCUT2D eigenvalue weighted by molar-refractivity contribution is 0.275. The molecule has 196 valence electrons. The monoisotopic (exact) mass is 502 g/mol. The normalized spacial score (nSPS) is 14.8.